The van der Waals surface area contributed by atoms with Gasteiger partial charge in [0.1, 0.15) is 0 Å². The van der Waals surface area contributed by atoms with Gasteiger partial charge in [-0.15, -0.1) is 0 Å². The van der Waals surface area contributed by atoms with Crippen LogP contribution in [-0.4, -0.2) is 30.1 Å². The van der Waals surface area contributed by atoms with Crippen molar-refractivity contribution in [2.45, 2.75) is 71.4 Å². The van der Waals surface area contributed by atoms with Gasteiger partial charge >= 0.3 is 0 Å². The van der Waals surface area contributed by atoms with Crippen molar-refractivity contribution in [2.24, 2.45) is 17.6 Å². The Morgan fingerprint density at radius 3 is 2.29 bits per heavy atom. The van der Waals surface area contributed by atoms with E-state index >= 15 is 0 Å². The van der Waals surface area contributed by atoms with E-state index in [0.717, 1.165) is 18.4 Å². The van der Waals surface area contributed by atoms with Crippen LogP contribution in [0.1, 0.15) is 59.8 Å². The predicted molar refractivity (Wildman–Crippen MR) is 76.1 cm³/mol. The monoisotopic (exact) mass is 240 g/mol. The molecule has 0 aromatic carbocycles. The number of nitrogens with two attached hydrogens (primary N) is 1. The molecule has 0 heterocycles. The molecular weight excluding hydrogens is 208 g/mol. The summed E-state index contributed by atoms with van der Waals surface area (Å²) >= 11 is 0. The van der Waals surface area contributed by atoms with Gasteiger partial charge in [-0.05, 0) is 44.6 Å². The summed E-state index contributed by atoms with van der Waals surface area (Å²) in [6.45, 7) is 10.2. The van der Waals surface area contributed by atoms with Crippen LogP contribution >= 0.6 is 0 Å². The maximum Gasteiger partial charge on any atom is 0.0359 e. The molecule has 3 atom stereocenters. The zero-order valence-corrected chi connectivity index (χ0v) is 12.5. The lowest BCUT2D eigenvalue weighted by molar-refractivity contribution is -0.0156. The molecule has 102 valence electrons. The van der Waals surface area contributed by atoms with Crippen molar-refractivity contribution in [3.05, 3.63) is 0 Å². The van der Waals surface area contributed by atoms with Gasteiger partial charge < -0.3 is 5.73 Å². The van der Waals surface area contributed by atoms with Crippen molar-refractivity contribution in [1.29, 1.82) is 0 Å². The van der Waals surface area contributed by atoms with E-state index in [9.17, 15) is 0 Å². The average Bonchev–Trinajstić information content (AvgIpc) is 2.33. The van der Waals surface area contributed by atoms with E-state index in [2.05, 4.69) is 39.6 Å². The van der Waals surface area contributed by atoms with Crippen LogP contribution in [0, 0.1) is 11.8 Å². The number of hydrogen-bond acceptors (Lipinski definition) is 2. The van der Waals surface area contributed by atoms with Crippen molar-refractivity contribution >= 4 is 0 Å². The summed E-state index contributed by atoms with van der Waals surface area (Å²) in [6, 6.07) is 0.686. The van der Waals surface area contributed by atoms with Crippen molar-refractivity contribution in [1.82, 2.24) is 4.90 Å². The summed E-state index contributed by atoms with van der Waals surface area (Å²) in [7, 11) is 2.30. The SMILES string of the molecule is CCC(CC)N(C)C1(CN)CC(C)CCC1C. The normalized spacial score (nSPS) is 34.6. The fourth-order valence-electron chi connectivity index (χ4n) is 3.83. The highest BCUT2D eigenvalue weighted by atomic mass is 15.2. The second-order valence-electron chi connectivity index (χ2n) is 6.18. The van der Waals surface area contributed by atoms with Gasteiger partial charge in [0.25, 0.3) is 0 Å². The Morgan fingerprint density at radius 2 is 1.82 bits per heavy atom. The lowest BCUT2D eigenvalue weighted by Gasteiger charge is -2.53. The van der Waals surface area contributed by atoms with Crippen LogP contribution in [0.5, 0.6) is 0 Å². The quantitative estimate of drug-likeness (QED) is 0.799. The molecule has 3 unspecified atom stereocenters. The molecule has 0 saturated heterocycles. The van der Waals surface area contributed by atoms with E-state index in [-0.39, 0.29) is 5.54 Å². The first-order valence-corrected chi connectivity index (χ1v) is 7.44. The van der Waals surface area contributed by atoms with E-state index in [4.69, 9.17) is 5.73 Å². The highest BCUT2D eigenvalue weighted by Gasteiger charge is 2.44. The Labute approximate surface area is 108 Å². The summed E-state index contributed by atoms with van der Waals surface area (Å²) < 4.78 is 0. The zero-order chi connectivity index (χ0) is 13.1. The molecule has 2 heteroatoms. The highest BCUT2D eigenvalue weighted by Crippen LogP contribution is 2.41. The summed E-state index contributed by atoms with van der Waals surface area (Å²) in [4.78, 5) is 2.62. The minimum absolute atomic E-state index is 0.244. The lowest BCUT2D eigenvalue weighted by atomic mass is 9.68. The molecule has 0 spiro atoms. The van der Waals surface area contributed by atoms with Crippen LogP contribution in [0.25, 0.3) is 0 Å². The standard InChI is InChI=1S/C15H32N2/c1-6-14(7-2)17(5)15(11-16)10-12(3)8-9-13(15)4/h12-14H,6-11,16H2,1-5H3. The lowest BCUT2D eigenvalue weighted by Crippen LogP contribution is -2.61. The van der Waals surface area contributed by atoms with E-state index in [1.807, 2.05) is 0 Å². The van der Waals surface area contributed by atoms with Gasteiger partial charge in [0.2, 0.25) is 0 Å². The summed E-state index contributed by atoms with van der Waals surface area (Å²) in [5.74, 6) is 1.56. The molecular formula is C15H32N2. The van der Waals surface area contributed by atoms with Gasteiger partial charge in [0.05, 0.1) is 0 Å². The third-order valence-corrected chi connectivity index (χ3v) is 5.26. The first kappa shape index (κ1) is 15.0. The van der Waals surface area contributed by atoms with Gasteiger partial charge in [-0.1, -0.05) is 34.1 Å². The Kier molecular flexibility index (Phi) is 5.46. The summed E-state index contributed by atoms with van der Waals surface area (Å²) in [5.41, 5.74) is 6.44. The van der Waals surface area contributed by atoms with Crippen molar-refractivity contribution in [3.63, 3.8) is 0 Å². The number of rotatable bonds is 5. The molecule has 1 saturated carbocycles. The topological polar surface area (TPSA) is 29.3 Å². The average molecular weight is 240 g/mol. The van der Waals surface area contributed by atoms with Gasteiger partial charge in [-0.2, -0.15) is 0 Å². The molecule has 0 radical (unpaired) electrons. The third kappa shape index (κ3) is 2.85. The maximum atomic E-state index is 6.20. The van der Waals surface area contributed by atoms with Gasteiger partial charge in [-0.3, -0.25) is 4.90 Å². The molecule has 17 heavy (non-hydrogen) atoms. The van der Waals surface area contributed by atoms with Crippen LogP contribution < -0.4 is 5.73 Å². The van der Waals surface area contributed by atoms with E-state index in [1.54, 1.807) is 0 Å². The molecule has 1 aliphatic carbocycles. The second kappa shape index (κ2) is 6.19. The van der Waals surface area contributed by atoms with Gasteiger partial charge in [-0.25, -0.2) is 0 Å². The Balaban J connectivity index is 2.91. The molecule has 0 aliphatic heterocycles. The van der Waals surface area contributed by atoms with E-state index < -0.39 is 0 Å². The van der Waals surface area contributed by atoms with Gasteiger partial charge in [0.15, 0.2) is 0 Å². The summed E-state index contributed by atoms with van der Waals surface area (Å²) in [5, 5.41) is 0. The molecule has 2 N–H and O–H groups in total. The number of nitrogens with zero attached hydrogens (tertiary/aromatic N) is 1. The smallest absolute Gasteiger partial charge is 0.0359 e. The number of hydrogen-bond donors (Lipinski definition) is 1. The summed E-state index contributed by atoms with van der Waals surface area (Å²) in [6.07, 6.45) is 6.45. The molecule has 1 fully saturated rings. The predicted octanol–water partition coefficient (Wildman–Crippen LogP) is 3.26. The van der Waals surface area contributed by atoms with E-state index in [1.165, 1.54) is 32.1 Å². The van der Waals surface area contributed by atoms with Gasteiger partial charge in [0, 0.05) is 18.1 Å². The second-order valence-corrected chi connectivity index (χ2v) is 6.18. The van der Waals surface area contributed by atoms with Crippen LogP contribution in [0.4, 0.5) is 0 Å². The molecule has 2 nitrogen and oxygen atoms in total. The zero-order valence-electron chi connectivity index (χ0n) is 12.5. The molecule has 1 aliphatic rings. The van der Waals surface area contributed by atoms with Crippen molar-refractivity contribution in [2.75, 3.05) is 13.6 Å². The Morgan fingerprint density at radius 1 is 1.24 bits per heavy atom. The van der Waals surface area contributed by atoms with E-state index in [0.29, 0.717) is 6.04 Å². The Bertz CT molecular complexity index is 225. The fourth-order valence-corrected chi connectivity index (χ4v) is 3.83. The Hall–Kier alpha value is -0.0800. The first-order chi connectivity index (χ1) is 8.01. The maximum absolute atomic E-state index is 6.20. The largest absolute Gasteiger partial charge is 0.329 e. The van der Waals surface area contributed by atoms with Crippen LogP contribution in [-0.2, 0) is 0 Å². The first-order valence-electron chi connectivity index (χ1n) is 7.44. The molecule has 0 aromatic rings. The molecule has 1 rings (SSSR count). The minimum Gasteiger partial charge on any atom is -0.329 e. The van der Waals surface area contributed by atoms with Crippen molar-refractivity contribution < 1.29 is 0 Å². The van der Waals surface area contributed by atoms with Crippen molar-refractivity contribution in [3.8, 4) is 0 Å². The highest BCUT2D eigenvalue weighted by molar-refractivity contribution is 5.00. The van der Waals surface area contributed by atoms with Crippen LogP contribution in [0.3, 0.4) is 0 Å². The third-order valence-electron chi connectivity index (χ3n) is 5.26. The fraction of sp³-hybridized carbons (Fsp3) is 1.00. The minimum atomic E-state index is 0.244. The molecule has 0 bridgehead atoms. The van der Waals surface area contributed by atoms with Crippen LogP contribution in [0.15, 0.2) is 0 Å². The number of likely N-dealkylation sites (N-methyl/N-ethyl adjacent to an activating group) is 1. The van der Waals surface area contributed by atoms with Crippen LogP contribution in [0.2, 0.25) is 0 Å². The molecule has 0 aromatic heterocycles. The molecule has 0 amide bonds.